The highest BCUT2D eigenvalue weighted by Gasteiger charge is 2.23. The summed E-state index contributed by atoms with van der Waals surface area (Å²) >= 11 is 3.41. The van der Waals surface area contributed by atoms with Crippen molar-refractivity contribution >= 4 is 32.7 Å². The van der Waals surface area contributed by atoms with Crippen LogP contribution in [-0.4, -0.2) is 31.1 Å². The quantitative estimate of drug-likeness (QED) is 0.874. The number of halogens is 1. The van der Waals surface area contributed by atoms with Crippen molar-refractivity contribution in [1.82, 2.24) is 5.32 Å². The van der Waals surface area contributed by atoms with Gasteiger partial charge in [-0.2, -0.15) is 0 Å². The summed E-state index contributed by atoms with van der Waals surface area (Å²) in [4.78, 5) is 12.3. The molecule has 1 aromatic carbocycles. The Morgan fingerprint density at radius 1 is 1.40 bits per heavy atom. The molecule has 0 amide bonds. The lowest BCUT2D eigenvalue weighted by Gasteiger charge is -2.28. The summed E-state index contributed by atoms with van der Waals surface area (Å²) in [5.74, 6) is 0.422. The van der Waals surface area contributed by atoms with Gasteiger partial charge in [-0.3, -0.25) is 4.79 Å². The molecule has 1 fully saturated rings. The van der Waals surface area contributed by atoms with E-state index in [2.05, 4.69) is 28.2 Å². The minimum absolute atomic E-state index is 0.00697. The molecule has 2 heterocycles. The van der Waals surface area contributed by atoms with Gasteiger partial charge in [-0.05, 0) is 31.2 Å². The van der Waals surface area contributed by atoms with Gasteiger partial charge in [0.2, 0.25) is 0 Å². The zero-order valence-electron chi connectivity index (χ0n) is 11.2. The topological polar surface area (TPSA) is 51.5 Å². The summed E-state index contributed by atoms with van der Waals surface area (Å²) in [5, 5.41) is 4.30. The third-order valence-corrected chi connectivity index (χ3v) is 3.89. The number of ether oxygens (including phenoxy) is 1. The van der Waals surface area contributed by atoms with E-state index >= 15 is 0 Å². The molecule has 1 aliphatic rings. The third kappa shape index (κ3) is 2.95. The molecule has 2 aromatic rings. The second kappa shape index (κ2) is 5.68. The lowest BCUT2D eigenvalue weighted by molar-refractivity contribution is 0.0458. The summed E-state index contributed by atoms with van der Waals surface area (Å²) in [7, 11) is 0. The van der Waals surface area contributed by atoms with Gasteiger partial charge in [0, 0.05) is 28.4 Å². The van der Waals surface area contributed by atoms with E-state index in [9.17, 15) is 4.79 Å². The molecule has 2 atom stereocenters. The normalized spacial score (nSPS) is 23.1. The van der Waals surface area contributed by atoms with Gasteiger partial charge in [-0.15, -0.1) is 0 Å². The van der Waals surface area contributed by atoms with Crippen LogP contribution in [0.15, 0.2) is 33.2 Å². The number of furan rings is 1. The average Bonchev–Trinajstić information content (AvgIpc) is 2.81. The highest BCUT2D eigenvalue weighted by Crippen LogP contribution is 2.24. The minimum atomic E-state index is 0.00697. The van der Waals surface area contributed by atoms with Gasteiger partial charge < -0.3 is 14.5 Å². The number of Topliss-reactive ketones (excluding diaryl/α,β-unsaturated/α-hetero) is 1. The Kier molecular flexibility index (Phi) is 3.92. The van der Waals surface area contributed by atoms with Crippen molar-refractivity contribution in [3.05, 3.63) is 34.5 Å². The van der Waals surface area contributed by atoms with Crippen molar-refractivity contribution in [3.8, 4) is 0 Å². The van der Waals surface area contributed by atoms with Crippen LogP contribution in [0.3, 0.4) is 0 Å². The SMILES string of the molecule is CC1COCC(CC(=O)c2cc3cc(Br)ccc3o2)N1. The van der Waals surface area contributed by atoms with E-state index in [0.29, 0.717) is 25.4 Å². The summed E-state index contributed by atoms with van der Waals surface area (Å²) < 4.78 is 12.0. The molecule has 3 rings (SSSR count). The predicted molar refractivity (Wildman–Crippen MR) is 80.1 cm³/mol. The third-order valence-electron chi connectivity index (χ3n) is 3.39. The van der Waals surface area contributed by atoms with Gasteiger partial charge in [-0.25, -0.2) is 0 Å². The fourth-order valence-corrected chi connectivity index (χ4v) is 2.86. The van der Waals surface area contributed by atoms with E-state index in [0.717, 1.165) is 15.4 Å². The van der Waals surface area contributed by atoms with Crippen LogP contribution >= 0.6 is 15.9 Å². The second-order valence-corrected chi connectivity index (χ2v) is 6.14. The number of rotatable bonds is 3. The van der Waals surface area contributed by atoms with Crippen molar-refractivity contribution in [1.29, 1.82) is 0 Å². The van der Waals surface area contributed by atoms with Crippen LogP contribution in [0.1, 0.15) is 23.9 Å². The molecule has 0 saturated carbocycles. The molecule has 1 aromatic heterocycles. The van der Waals surface area contributed by atoms with Gasteiger partial charge in [0.25, 0.3) is 0 Å². The van der Waals surface area contributed by atoms with E-state index < -0.39 is 0 Å². The Bertz CT molecular complexity index is 637. The molecule has 5 heteroatoms. The van der Waals surface area contributed by atoms with Crippen LogP contribution in [0, 0.1) is 0 Å². The van der Waals surface area contributed by atoms with E-state index in [4.69, 9.17) is 9.15 Å². The molecular weight excluding hydrogens is 322 g/mol. The number of carbonyl (C=O) groups excluding carboxylic acids is 1. The first-order chi connectivity index (χ1) is 9.61. The lowest BCUT2D eigenvalue weighted by Crippen LogP contribution is -2.48. The van der Waals surface area contributed by atoms with Gasteiger partial charge >= 0.3 is 0 Å². The summed E-state index contributed by atoms with van der Waals surface area (Å²) in [5.41, 5.74) is 0.734. The van der Waals surface area contributed by atoms with Crippen molar-refractivity contribution < 1.29 is 13.9 Å². The first-order valence-corrected chi connectivity index (χ1v) is 7.47. The summed E-state index contributed by atoms with van der Waals surface area (Å²) in [6.45, 7) is 3.32. The average molecular weight is 338 g/mol. The smallest absolute Gasteiger partial charge is 0.199 e. The van der Waals surface area contributed by atoms with Crippen LogP contribution in [0.2, 0.25) is 0 Å². The molecule has 1 saturated heterocycles. The number of hydrogen-bond donors (Lipinski definition) is 1. The standard InChI is InChI=1S/C15H16BrNO3/c1-9-7-19-8-12(17-9)6-13(18)15-5-10-4-11(16)2-3-14(10)20-15/h2-5,9,12,17H,6-8H2,1H3. The maximum absolute atomic E-state index is 12.3. The largest absolute Gasteiger partial charge is 0.453 e. The molecule has 0 aliphatic carbocycles. The zero-order chi connectivity index (χ0) is 14.1. The Balaban J connectivity index is 1.75. The molecule has 0 spiro atoms. The molecule has 0 bridgehead atoms. The summed E-state index contributed by atoms with van der Waals surface area (Å²) in [6.07, 6.45) is 0.394. The van der Waals surface area contributed by atoms with Crippen molar-refractivity contribution in [3.63, 3.8) is 0 Å². The van der Waals surface area contributed by atoms with Crippen LogP contribution in [-0.2, 0) is 4.74 Å². The number of nitrogens with one attached hydrogen (secondary N) is 1. The predicted octanol–water partition coefficient (Wildman–Crippen LogP) is 3.15. The van der Waals surface area contributed by atoms with E-state index in [1.165, 1.54) is 0 Å². The fraction of sp³-hybridized carbons (Fsp3) is 0.400. The van der Waals surface area contributed by atoms with Crippen LogP contribution in [0.5, 0.6) is 0 Å². The molecule has 0 radical (unpaired) electrons. The fourth-order valence-electron chi connectivity index (χ4n) is 2.48. The van der Waals surface area contributed by atoms with Crippen molar-refractivity contribution in [2.75, 3.05) is 13.2 Å². The number of hydrogen-bond acceptors (Lipinski definition) is 4. The highest BCUT2D eigenvalue weighted by atomic mass is 79.9. The Morgan fingerprint density at radius 3 is 3.05 bits per heavy atom. The number of fused-ring (bicyclic) bond motifs is 1. The molecule has 1 N–H and O–H groups in total. The molecule has 1 aliphatic heterocycles. The van der Waals surface area contributed by atoms with Crippen LogP contribution in [0.4, 0.5) is 0 Å². The molecular formula is C15H16BrNO3. The molecule has 4 nitrogen and oxygen atoms in total. The van der Waals surface area contributed by atoms with E-state index in [1.54, 1.807) is 6.07 Å². The first kappa shape index (κ1) is 13.8. The van der Waals surface area contributed by atoms with E-state index in [1.807, 2.05) is 18.2 Å². The summed E-state index contributed by atoms with van der Waals surface area (Å²) in [6, 6.07) is 7.85. The maximum Gasteiger partial charge on any atom is 0.199 e. The van der Waals surface area contributed by atoms with Gasteiger partial charge in [0.1, 0.15) is 5.58 Å². The van der Waals surface area contributed by atoms with Gasteiger partial charge in [0.15, 0.2) is 11.5 Å². The number of benzene rings is 1. The van der Waals surface area contributed by atoms with Gasteiger partial charge in [-0.1, -0.05) is 15.9 Å². The van der Waals surface area contributed by atoms with Crippen molar-refractivity contribution in [2.45, 2.75) is 25.4 Å². The zero-order valence-corrected chi connectivity index (χ0v) is 12.8. The van der Waals surface area contributed by atoms with E-state index in [-0.39, 0.29) is 17.9 Å². The molecule has 20 heavy (non-hydrogen) atoms. The number of carbonyl (C=O) groups is 1. The Hall–Kier alpha value is -1.17. The van der Waals surface area contributed by atoms with Crippen molar-refractivity contribution in [2.24, 2.45) is 0 Å². The Morgan fingerprint density at radius 2 is 2.25 bits per heavy atom. The first-order valence-electron chi connectivity index (χ1n) is 6.68. The number of ketones is 1. The molecule has 106 valence electrons. The Labute approximate surface area is 125 Å². The lowest BCUT2D eigenvalue weighted by atomic mass is 10.1. The van der Waals surface area contributed by atoms with Crippen LogP contribution in [0.25, 0.3) is 11.0 Å². The molecule has 2 unspecified atom stereocenters. The van der Waals surface area contributed by atoms with Crippen LogP contribution < -0.4 is 5.32 Å². The second-order valence-electron chi connectivity index (χ2n) is 5.22. The monoisotopic (exact) mass is 337 g/mol. The highest BCUT2D eigenvalue weighted by molar-refractivity contribution is 9.10. The van der Waals surface area contributed by atoms with Gasteiger partial charge in [0.05, 0.1) is 13.2 Å². The minimum Gasteiger partial charge on any atom is -0.453 e. The number of morpholine rings is 1. The maximum atomic E-state index is 12.3.